The summed E-state index contributed by atoms with van der Waals surface area (Å²) < 4.78 is 15.4. The molecule has 27 heavy (non-hydrogen) atoms. The fraction of sp³-hybridized carbons (Fsp3) is 0.250. The van der Waals surface area contributed by atoms with Crippen molar-refractivity contribution in [3.8, 4) is 11.5 Å². The molecule has 0 heterocycles. The number of hydrogen-bond donors (Lipinski definition) is 1. The molecule has 0 unspecified atom stereocenters. The molecule has 2 aromatic rings. The molecular formula is C20H21NO6. The quantitative estimate of drug-likeness (QED) is 0.567. The summed E-state index contributed by atoms with van der Waals surface area (Å²) in [5, 5.41) is 2.64. The fourth-order valence-corrected chi connectivity index (χ4v) is 2.13. The van der Waals surface area contributed by atoms with E-state index in [2.05, 4.69) is 5.32 Å². The van der Waals surface area contributed by atoms with E-state index in [9.17, 15) is 14.4 Å². The van der Waals surface area contributed by atoms with Gasteiger partial charge in [0, 0.05) is 11.3 Å². The van der Waals surface area contributed by atoms with Gasteiger partial charge in [0.15, 0.2) is 18.5 Å². The van der Waals surface area contributed by atoms with Crippen LogP contribution in [0.15, 0.2) is 48.5 Å². The highest BCUT2D eigenvalue weighted by Gasteiger charge is 2.18. The topological polar surface area (TPSA) is 90.9 Å². The van der Waals surface area contributed by atoms with Crippen molar-refractivity contribution in [2.45, 2.75) is 20.0 Å². The average Bonchev–Trinajstić information content (AvgIpc) is 2.67. The zero-order valence-electron chi connectivity index (χ0n) is 15.4. The van der Waals surface area contributed by atoms with Crippen LogP contribution in [-0.2, 0) is 14.3 Å². The highest BCUT2D eigenvalue weighted by molar-refractivity contribution is 5.95. The Morgan fingerprint density at radius 2 is 1.56 bits per heavy atom. The van der Waals surface area contributed by atoms with Gasteiger partial charge in [0.05, 0.1) is 7.11 Å². The van der Waals surface area contributed by atoms with Crippen molar-refractivity contribution in [3.63, 3.8) is 0 Å². The molecule has 0 fully saturated rings. The second-order valence-electron chi connectivity index (χ2n) is 5.72. The number of anilines is 1. The number of esters is 1. The van der Waals surface area contributed by atoms with Crippen molar-refractivity contribution in [1.29, 1.82) is 0 Å². The van der Waals surface area contributed by atoms with Crippen molar-refractivity contribution < 1.29 is 28.6 Å². The lowest BCUT2D eigenvalue weighted by Crippen LogP contribution is -2.31. The van der Waals surface area contributed by atoms with E-state index in [0.29, 0.717) is 22.7 Å². The van der Waals surface area contributed by atoms with Crippen LogP contribution >= 0.6 is 0 Å². The Morgan fingerprint density at radius 3 is 2.11 bits per heavy atom. The third-order valence-electron chi connectivity index (χ3n) is 3.65. The second kappa shape index (κ2) is 9.38. The van der Waals surface area contributed by atoms with E-state index in [-0.39, 0.29) is 12.4 Å². The minimum absolute atomic E-state index is 0.0577. The molecule has 7 heteroatoms. The number of carbonyl (C=O) groups is 3. The lowest BCUT2D eigenvalue weighted by molar-refractivity contribution is -0.155. The second-order valence-corrected chi connectivity index (χ2v) is 5.72. The van der Waals surface area contributed by atoms with Crippen molar-refractivity contribution in [1.82, 2.24) is 0 Å². The summed E-state index contributed by atoms with van der Waals surface area (Å²) in [4.78, 5) is 35.1. The normalized spacial score (nSPS) is 11.2. The molecule has 1 amide bonds. The van der Waals surface area contributed by atoms with Crippen molar-refractivity contribution in [3.05, 3.63) is 54.1 Å². The van der Waals surface area contributed by atoms with Crippen LogP contribution in [0.25, 0.3) is 0 Å². The maximum atomic E-state index is 12.1. The van der Waals surface area contributed by atoms with E-state index in [1.54, 1.807) is 55.6 Å². The summed E-state index contributed by atoms with van der Waals surface area (Å²) in [6.07, 6.45) is -0.983. The molecule has 0 aliphatic heterocycles. The van der Waals surface area contributed by atoms with E-state index < -0.39 is 18.0 Å². The molecule has 142 valence electrons. The average molecular weight is 371 g/mol. The van der Waals surface area contributed by atoms with Gasteiger partial charge in [-0.25, -0.2) is 4.79 Å². The Morgan fingerprint density at radius 1 is 0.963 bits per heavy atom. The zero-order chi connectivity index (χ0) is 19.8. The minimum atomic E-state index is -0.983. The fourth-order valence-electron chi connectivity index (χ4n) is 2.13. The molecular weight excluding hydrogens is 350 g/mol. The number of ketones is 1. The van der Waals surface area contributed by atoms with Crippen molar-refractivity contribution in [2.24, 2.45) is 0 Å². The molecule has 0 aliphatic rings. The third-order valence-corrected chi connectivity index (χ3v) is 3.65. The number of carbonyl (C=O) groups excluding carboxylic acids is 3. The van der Waals surface area contributed by atoms with Crippen LogP contribution in [0.5, 0.6) is 11.5 Å². The van der Waals surface area contributed by atoms with Gasteiger partial charge in [-0.3, -0.25) is 9.59 Å². The van der Waals surface area contributed by atoms with Crippen LogP contribution in [0.4, 0.5) is 5.69 Å². The van der Waals surface area contributed by atoms with Gasteiger partial charge in [-0.1, -0.05) is 0 Å². The number of methoxy groups -OCH3 is 1. The Labute approximate surface area is 157 Å². The van der Waals surface area contributed by atoms with Gasteiger partial charge >= 0.3 is 5.97 Å². The first-order valence-electron chi connectivity index (χ1n) is 8.27. The van der Waals surface area contributed by atoms with Gasteiger partial charge in [-0.2, -0.15) is 0 Å². The number of nitrogens with one attached hydrogen (secondary N) is 1. The predicted octanol–water partition coefficient (Wildman–Crippen LogP) is 2.85. The molecule has 2 aromatic carbocycles. The van der Waals surface area contributed by atoms with Crippen molar-refractivity contribution >= 4 is 23.3 Å². The summed E-state index contributed by atoms with van der Waals surface area (Å²) in [5.74, 6) is -0.103. The molecule has 0 spiro atoms. The van der Waals surface area contributed by atoms with Crippen LogP contribution in [-0.4, -0.2) is 37.5 Å². The third kappa shape index (κ3) is 6.14. The van der Waals surface area contributed by atoms with Gasteiger partial charge in [-0.05, 0) is 62.4 Å². The van der Waals surface area contributed by atoms with Crippen LogP contribution in [0, 0.1) is 0 Å². The molecule has 7 nitrogen and oxygen atoms in total. The van der Waals surface area contributed by atoms with Gasteiger partial charge in [-0.15, -0.1) is 0 Å². The van der Waals surface area contributed by atoms with E-state index in [1.165, 1.54) is 13.8 Å². The number of hydrogen-bond acceptors (Lipinski definition) is 6. The first-order chi connectivity index (χ1) is 12.9. The van der Waals surface area contributed by atoms with Gasteiger partial charge < -0.3 is 19.5 Å². The number of amides is 1. The molecule has 0 saturated heterocycles. The first kappa shape index (κ1) is 20.0. The minimum Gasteiger partial charge on any atom is -0.497 e. The number of ether oxygens (including phenoxy) is 3. The SMILES string of the molecule is COc1ccc(NC(=O)[C@H](C)OC(=O)COc2ccc(C(C)=O)cc2)cc1. The lowest BCUT2D eigenvalue weighted by Gasteiger charge is -2.14. The largest absolute Gasteiger partial charge is 0.497 e. The maximum absolute atomic E-state index is 12.1. The van der Waals surface area contributed by atoms with Gasteiger partial charge in [0.2, 0.25) is 0 Å². The van der Waals surface area contributed by atoms with Crippen LogP contribution in [0.2, 0.25) is 0 Å². The summed E-state index contributed by atoms with van der Waals surface area (Å²) in [6, 6.07) is 13.2. The lowest BCUT2D eigenvalue weighted by atomic mass is 10.1. The summed E-state index contributed by atoms with van der Waals surface area (Å²) >= 11 is 0. The number of benzene rings is 2. The van der Waals surface area contributed by atoms with E-state index >= 15 is 0 Å². The summed E-state index contributed by atoms with van der Waals surface area (Å²) in [6.45, 7) is 2.59. The molecule has 2 rings (SSSR count). The highest BCUT2D eigenvalue weighted by Crippen LogP contribution is 2.16. The van der Waals surface area contributed by atoms with Gasteiger partial charge in [0.1, 0.15) is 11.5 Å². The summed E-state index contributed by atoms with van der Waals surface area (Å²) in [5.41, 5.74) is 1.11. The molecule has 0 aromatic heterocycles. The van der Waals surface area contributed by atoms with E-state index in [1.807, 2.05) is 0 Å². The molecule has 0 aliphatic carbocycles. The predicted molar refractivity (Wildman–Crippen MR) is 99.1 cm³/mol. The Hall–Kier alpha value is -3.35. The first-order valence-corrected chi connectivity index (χ1v) is 8.27. The van der Waals surface area contributed by atoms with Crippen molar-refractivity contribution in [2.75, 3.05) is 19.0 Å². The summed E-state index contributed by atoms with van der Waals surface area (Å²) in [7, 11) is 1.55. The van der Waals surface area contributed by atoms with Crippen LogP contribution in [0.1, 0.15) is 24.2 Å². The van der Waals surface area contributed by atoms with Gasteiger partial charge in [0.25, 0.3) is 5.91 Å². The van der Waals surface area contributed by atoms with Crippen LogP contribution in [0.3, 0.4) is 0 Å². The molecule has 0 radical (unpaired) electrons. The molecule has 1 N–H and O–H groups in total. The molecule has 1 atom stereocenters. The zero-order valence-corrected chi connectivity index (χ0v) is 15.4. The Bertz CT molecular complexity index is 798. The number of rotatable bonds is 8. The molecule has 0 saturated carbocycles. The maximum Gasteiger partial charge on any atom is 0.344 e. The van der Waals surface area contributed by atoms with E-state index in [4.69, 9.17) is 14.2 Å². The highest BCUT2D eigenvalue weighted by atomic mass is 16.6. The monoisotopic (exact) mass is 371 g/mol. The number of Topliss-reactive ketones (excluding diaryl/α,β-unsaturated/α-hetero) is 1. The Kier molecular flexibility index (Phi) is 6.93. The van der Waals surface area contributed by atoms with Crippen LogP contribution < -0.4 is 14.8 Å². The smallest absolute Gasteiger partial charge is 0.344 e. The molecule has 0 bridgehead atoms. The standard InChI is InChI=1S/C20H21NO6/c1-13(22)15-4-8-18(9-5-15)26-12-19(23)27-14(2)20(24)21-16-6-10-17(25-3)11-7-16/h4-11,14H,12H2,1-3H3,(H,21,24)/t14-/m0/s1. The Balaban J connectivity index is 1.79. The van der Waals surface area contributed by atoms with E-state index in [0.717, 1.165) is 0 Å².